The molecule has 0 saturated carbocycles. The number of aryl methyl sites for hydroxylation is 2. The number of ether oxygens (including phenoxy) is 2. The highest BCUT2D eigenvalue weighted by atomic mass is 35.5. The SMILES string of the molecule is CCc1cnc(COc2cccc(C(=O)Nc3cc(CCCS(=O)(=O)c4ccc(Cl)cc4)ccc3OCC(=O)O)c2)s1. The van der Waals surface area contributed by atoms with Crippen molar-refractivity contribution in [2.75, 3.05) is 17.7 Å². The van der Waals surface area contributed by atoms with E-state index in [1.807, 2.05) is 6.20 Å². The molecule has 0 saturated heterocycles. The fourth-order valence-electron chi connectivity index (χ4n) is 3.97. The number of carbonyl (C=O) groups is 2. The van der Waals surface area contributed by atoms with Crippen LogP contribution in [0, 0.1) is 0 Å². The molecule has 0 atom stereocenters. The first-order chi connectivity index (χ1) is 20.1. The quantitative estimate of drug-likeness (QED) is 0.172. The predicted molar refractivity (Wildman–Crippen MR) is 162 cm³/mol. The van der Waals surface area contributed by atoms with Gasteiger partial charge in [0, 0.05) is 21.7 Å². The van der Waals surface area contributed by atoms with Crippen molar-refractivity contribution in [3.8, 4) is 11.5 Å². The summed E-state index contributed by atoms with van der Waals surface area (Å²) in [6.07, 6.45) is 3.44. The molecule has 3 aromatic carbocycles. The average Bonchev–Trinajstić information content (AvgIpc) is 3.44. The highest BCUT2D eigenvalue weighted by Gasteiger charge is 2.16. The van der Waals surface area contributed by atoms with Crippen molar-refractivity contribution in [3.63, 3.8) is 0 Å². The highest BCUT2D eigenvalue weighted by Crippen LogP contribution is 2.28. The van der Waals surface area contributed by atoms with E-state index in [1.54, 1.807) is 53.8 Å². The summed E-state index contributed by atoms with van der Waals surface area (Å²) >= 11 is 7.43. The van der Waals surface area contributed by atoms with Crippen LogP contribution in [-0.2, 0) is 34.1 Å². The molecule has 0 aliphatic carbocycles. The van der Waals surface area contributed by atoms with Crippen molar-refractivity contribution in [3.05, 3.63) is 99.0 Å². The second-order valence-electron chi connectivity index (χ2n) is 9.23. The number of nitrogens with zero attached hydrogens (tertiary/aromatic N) is 1. The standard InChI is InChI=1S/C30H29ClN2O7S2/c1-2-24-17-32-28(41-24)18-39-23-7-3-6-21(16-23)30(36)33-26-15-20(8-13-27(26)40-19-29(34)35)5-4-14-42(37,38)25-11-9-22(31)10-12-25/h3,6-13,15-17H,2,4-5,14,18-19H2,1H3,(H,33,36)(H,34,35). The molecule has 220 valence electrons. The largest absolute Gasteiger partial charge is 0.486 e. The minimum absolute atomic E-state index is 0.0822. The number of anilines is 1. The Kier molecular flexibility index (Phi) is 10.6. The summed E-state index contributed by atoms with van der Waals surface area (Å²) in [6, 6.07) is 17.6. The van der Waals surface area contributed by atoms with Crippen LogP contribution >= 0.6 is 22.9 Å². The van der Waals surface area contributed by atoms with Gasteiger partial charge in [0.05, 0.1) is 16.3 Å². The molecule has 1 aromatic heterocycles. The zero-order valence-electron chi connectivity index (χ0n) is 22.7. The summed E-state index contributed by atoms with van der Waals surface area (Å²) in [7, 11) is -3.50. The van der Waals surface area contributed by atoms with E-state index in [9.17, 15) is 18.0 Å². The Hall–Kier alpha value is -3.93. The lowest BCUT2D eigenvalue weighted by Gasteiger charge is -2.14. The summed E-state index contributed by atoms with van der Waals surface area (Å²) in [6.45, 7) is 1.74. The van der Waals surface area contributed by atoms with E-state index in [0.717, 1.165) is 21.9 Å². The third-order valence-corrected chi connectivity index (χ3v) is 9.29. The number of aliphatic carboxylic acids is 1. The van der Waals surface area contributed by atoms with Crippen LogP contribution in [0.4, 0.5) is 5.69 Å². The number of thiazole rings is 1. The average molecular weight is 629 g/mol. The number of carbonyl (C=O) groups excluding carboxylic acids is 1. The van der Waals surface area contributed by atoms with Gasteiger partial charge in [-0.1, -0.05) is 30.7 Å². The number of nitrogens with one attached hydrogen (secondary N) is 1. The fraction of sp³-hybridized carbons (Fsp3) is 0.233. The molecule has 2 N–H and O–H groups in total. The maximum absolute atomic E-state index is 13.2. The summed E-state index contributed by atoms with van der Waals surface area (Å²) in [5, 5.41) is 13.1. The first-order valence-electron chi connectivity index (χ1n) is 13.1. The number of aromatic nitrogens is 1. The van der Waals surface area contributed by atoms with Gasteiger partial charge in [0.2, 0.25) is 0 Å². The second-order valence-corrected chi connectivity index (χ2v) is 13.0. The van der Waals surface area contributed by atoms with Crippen molar-refractivity contribution >= 4 is 50.3 Å². The third kappa shape index (κ3) is 8.78. The minimum Gasteiger partial charge on any atom is -0.486 e. The van der Waals surface area contributed by atoms with E-state index in [1.165, 1.54) is 24.3 Å². The minimum atomic E-state index is -3.50. The maximum atomic E-state index is 13.2. The van der Waals surface area contributed by atoms with Crippen LogP contribution in [0.25, 0.3) is 0 Å². The summed E-state index contributed by atoms with van der Waals surface area (Å²) < 4.78 is 36.6. The first kappa shape index (κ1) is 31.0. The van der Waals surface area contributed by atoms with Crippen LogP contribution in [0.5, 0.6) is 11.5 Å². The lowest BCUT2D eigenvalue weighted by atomic mass is 10.1. The molecule has 0 spiro atoms. The van der Waals surface area contributed by atoms with Crippen LogP contribution in [0.15, 0.2) is 77.8 Å². The van der Waals surface area contributed by atoms with Crippen LogP contribution in [0.2, 0.25) is 5.02 Å². The van der Waals surface area contributed by atoms with Crippen LogP contribution in [0.1, 0.15) is 39.2 Å². The Labute approximate surface area is 253 Å². The van der Waals surface area contributed by atoms with Gasteiger partial charge in [0.1, 0.15) is 23.1 Å². The molecule has 9 nitrogen and oxygen atoms in total. The van der Waals surface area contributed by atoms with Gasteiger partial charge in [-0.2, -0.15) is 0 Å². The normalized spacial score (nSPS) is 11.2. The molecule has 0 aliphatic heterocycles. The molecule has 0 bridgehead atoms. The van der Waals surface area contributed by atoms with Gasteiger partial charge < -0.3 is 19.9 Å². The van der Waals surface area contributed by atoms with E-state index >= 15 is 0 Å². The molecule has 1 amide bonds. The number of sulfone groups is 1. The van der Waals surface area contributed by atoms with Crippen molar-refractivity contribution < 1.29 is 32.6 Å². The van der Waals surface area contributed by atoms with Crippen molar-refractivity contribution in [1.82, 2.24) is 4.98 Å². The number of benzene rings is 3. The van der Waals surface area contributed by atoms with Gasteiger partial charge in [-0.15, -0.1) is 11.3 Å². The number of rotatable bonds is 14. The number of carboxylic acid groups (broad SMARTS) is 1. The number of hydrogen-bond donors (Lipinski definition) is 2. The Morgan fingerprint density at radius 1 is 1.05 bits per heavy atom. The lowest BCUT2D eigenvalue weighted by molar-refractivity contribution is -0.139. The van der Waals surface area contributed by atoms with Crippen LogP contribution < -0.4 is 14.8 Å². The summed E-state index contributed by atoms with van der Waals surface area (Å²) in [4.78, 5) is 30.0. The van der Waals surface area contributed by atoms with Gasteiger partial charge in [-0.05, 0) is 79.4 Å². The maximum Gasteiger partial charge on any atom is 0.341 e. The van der Waals surface area contributed by atoms with E-state index in [4.69, 9.17) is 26.2 Å². The monoisotopic (exact) mass is 628 g/mol. The first-order valence-corrected chi connectivity index (χ1v) is 15.9. The Bertz CT molecular complexity index is 1650. The van der Waals surface area contributed by atoms with Gasteiger partial charge >= 0.3 is 5.97 Å². The van der Waals surface area contributed by atoms with Gasteiger partial charge in [0.15, 0.2) is 16.4 Å². The van der Waals surface area contributed by atoms with E-state index < -0.39 is 28.3 Å². The molecule has 4 aromatic rings. The zero-order valence-corrected chi connectivity index (χ0v) is 25.1. The predicted octanol–water partition coefficient (Wildman–Crippen LogP) is 6.06. The summed E-state index contributed by atoms with van der Waals surface area (Å²) in [5.74, 6) is -1.04. The molecule has 12 heteroatoms. The van der Waals surface area contributed by atoms with Crippen molar-refractivity contribution in [2.24, 2.45) is 0 Å². The number of halogens is 1. The van der Waals surface area contributed by atoms with Gasteiger partial charge in [-0.25, -0.2) is 18.2 Å². The summed E-state index contributed by atoms with van der Waals surface area (Å²) in [5.41, 5.74) is 1.33. The van der Waals surface area contributed by atoms with E-state index in [2.05, 4.69) is 17.2 Å². The van der Waals surface area contributed by atoms with Crippen LogP contribution in [0.3, 0.4) is 0 Å². The molecule has 1 heterocycles. The Balaban J connectivity index is 1.44. The fourth-order valence-corrected chi connectivity index (χ4v) is 6.18. The molecule has 0 radical (unpaired) electrons. The molecule has 42 heavy (non-hydrogen) atoms. The molecule has 4 rings (SSSR count). The van der Waals surface area contributed by atoms with Gasteiger partial charge in [0.25, 0.3) is 5.91 Å². The Morgan fingerprint density at radius 2 is 1.83 bits per heavy atom. The Morgan fingerprint density at radius 3 is 2.55 bits per heavy atom. The third-order valence-electron chi connectivity index (χ3n) is 6.10. The molecule has 0 fully saturated rings. The molecular formula is C30H29ClN2O7S2. The number of amides is 1. The van der Waals surface area contributed by atoms with E-state index in [-0.39, 0.29) is 28.7 Å². The molecule has 0 aliphatic rings. The van der Waals surface area contributed by atoms with Crippen molar-refractivity contribution in [2.45, 2.75) is 37.7 Å². The molecular weight excluding hydrogens is 600 g/mol. The van der Waals surface area contributed by atoms with E-state index in [0.29, 0.717) is 29.2 Å². The number of hydrogen-bond acceptors (Lipinski definition) is 8. The topological polar surface area (TPSA) is 132 Å². The highest BCUT2D eigenvalue weighted by molar-refractivity contribution is 7.91. The number of carboxylic acids is 1. The van der Waals surface area contributed by atoms with Crippen molar-refractivity contribution in [1.29, 1.82) is 0 Å². The van der Waals surface area contributed by atoms with Gasteiger partial charge in [-0.3, -0.25) is 4.79 Å². The lowest BCUT2D eigenvalue weighted by Crippen LogP contribution is -2.15. The second kappa shape index (κ2) is 14.3. The van der Waals surface area contributed by atoms with Crippen LogP contribution in [-0.4, -0.2) is 42.7 Å². The zero-order chi connectivity index (χ0) is 30.1. The molecule has 0 unspecified atom stereocenters. The smallest absolute Gasteiger partial charge is 0.341 e.